The normalized spacial score (nSPS) is 18.1. The van der Waals surface area contributed by atoms with Crippen molar-refractivity contribution in [2.75, 3.05) is 6.54 Å². The highest BCUT2D eigenvalue weighted by molar-refractivity contribution is 5.33. The van der Waals surface area contributed by atoms with E-state index in [1.807, 2.05) is 0 Å². The number of hydrogen-bond acceptors (Lipinski definition) is 1. The van der Waals surface area contributed by atoms with Crippen LogP contribution in [-0.4, -0.2) is 6.54 Å². The van der Waals surface area contributed by atoms with Crippen LogP contribution in [0.4, 0.5) is 0 Å². The molecule has 1 heteroatoms. The van der Waals surface area contributed by atoms with Gasteiger partial charge < -0.3 is 5.32 Å². The van der Waals surface area contributed by atoms with Crippen molar-refractivity contribution in [3.05, 3.63) is 70.8 Å². The van der Waals surface area contributed by atoms with Crippen LogP contribution in [0.5, 0.6) is 0 Å². The Morgan fingerprint density at radius 1 is 1.11 bits per heavy atom. The molecule has 0 aromatic heterocycles. The fourth-order valence-corrected chi connectivity index (χ4v) is 3.05. The van der Waals surface area contributed by atoms with Gasteiger partial charge in [-0.1, -0.05) is 54.1 Å². The lowest BCUT2D eigenvalue weighted by molar-refractivity contribution is 0.514. The first-order valence-electron chi connectivity index (χ1n) is 7.17. The van der Waals surface area contributed by atoms with Gasteiger partial charge in [0.1, 0.15) is 0 Å². The molecular weight excluding hydrogens is 230 g/mol. The van der Waals surface area contributed by atoms with E-state index in [2.05, 4.69) is 60.8 Å². The van der Waals surface area contributed by atoms with Gasteiger partial charge in [-0.2, -0.15) is 0 Å². The van der Waals surface area contributed by atoms with Crippen molar-refractivity contribution in [2.24, 2.45) is 0 Å². The van der Waals surface area contributed by atoms with Gasteiger partial charge in [-0.05, 0) is 42.4 Å². The van der Waals surface area contributed by atoms with Gasteiger partial charge in [0, 0.05) is 13.1 Å². The van der Waals surface area contributed by atoms with E-state index in [-0.39, 0.29) is 0 Å². The molecule has 1 atom stereocenters. The average molecular weight is 251 g/mol. The van der Waals surface area contributed by atoms with Gasteiger partial charge in [0.2, 0.25) is 0 Å². The molecule has 98 valence electrons. The SMILES string of the molecule is Cc1cccc(CCC2CNCc3ccccc32)c1. The summed E-state index contributed by atoms with van der Waals surface area (Å²) in [5, 5.41) is 3.54. The molecule has 1 aliphatic rings. The summed E-state index contributed by atoms with van der Waals surface area (Å²) < 4.78 is 0. The Bertz CT molecular complexity index is 559. The Labute approximate surface area is 115 Å². The minimum atomic E-state index is 0.658. The Morgan fingerprint density at radius 2 is 2.00 bits per heavy atom. The highest BCUT2D eigenvalue weighted by Gasteiger charge is 2.18. The molecule has 0 bridgehead atoms. The molecule has 0 saturated carbocycles. The summed E-state index contributed by atoms with van der Waals surface area (Å²) in [6, 6.07) is 17.8. The van der Waals surface area contributed by atoms with E-state index in [1.165, 1.54) is 29.5 Å². The molecule has 0 spiro atoms. The summed E-state index contributed by atoms with van der Waals surface area (Å²) in [5.74, 6) is 0.658. The number of fused-ring (bicyclic) bond motifs is 1. The third-order valence-electron chi connectivity index (χ3n) is 4.07. The summed E-state index contributed by atoms with van der Waals surface area (Å²) in [6.45, 7) is 4.31. The lowest BCUT2D eigenvalue weighted by Crippen LogP contribution is -2.28. The van der Waals surface area contributed by atoms with Crippen LogP contribution in [0, 0.1) is 6.92 Å². The maximum absolute atomic E-state index is 3.54. The first kappa shape index (κ1) is 12.4. The molecule has 1 aliphatic heterocycles. The van der Waals surface area contributed by atoms with Gasteiger partial charge in [-0.25, -0.2) is 0 Å². The molecule has 2 aromatic rings. The van der Waals surface area contributed by atoms with Crippen molar-refractivity contribution in [1.29, 1.82) is 0 Å². The number of hydrogen-bond donors (Lipinski definition) is 1. The monoisotopic (exact) mass is 251 g/mol. The van der Waals surface area contributed by atoms with E-state index >= 15 is 0 Å². The van der Waals surface area contributed by atoms with Crippen LogP contribution < -0.4 is 5.32 Å². The summed E-state index contributed by atoms with van der Waals surface area (Å²) in [5.41, 5.74) is 5.85. The zero-order valence-electron chi connectivity index (χ0n) is 11.5. The van der Waals surface area contributed by atoms with Crippen molar-refractivity contribution in [1.82, 2.24) is 5.32 Å². The standard InChI is InChI=1S/C18H21N/c1-14-5-4-6-15(11-14)9-10-17-13-19-12-16-7-2-3-8-18(16)17/h2-8,11,17,19H,9-10,12-13H2,1H3. The smallest absolute Gasteiger partial charge is 0.0208 e. The first-order chi connectivity index (χ1) is 9.33. The summed E-state index contributed by atoms with van der Waals surface area (Å²) >= 11 is 0. The average Bonchev–Trinajstić information content (AvgIpc) is 2.45. The fourth-order valence-electron chi connectivity index (χ4n) is 3.05. The molecule has 0 saturated heterocycles. The molecule has 1 heterocycles. The van der Waals surface area contributed by atoms with Crippen LogP contribution in [0.3, 0.4) is 0 Å². The Hall–Kier alpha value is -1.60. The molecule has 1 N–H and O–H groups in total. The Kier molecular flexibility index (Phi) is 3.65. The highest BCUT2D eigenvalue weighted by Crippen LogP contribution is 2.27. The minimum absolute atomic E-state index is 0.658. The quantitative estimate of drug-likeness (QED) is 0.874. The topological polar surface area (TPSA) is 12.0 Å². The molecule has 2 aromatic carbocycles. The third-order valence-corrected chi connectivity index (χ3v) is 4.07. The van der Waals surface area contributed by atoms with Crippen LogP contribution in [0.15, 0.2) is 48.5 Å². The van der Waals surface area contributed by atoms with Crippen molar-refractivity contribution in [2.45, 2.75) is 32.2 Å². The molecule has 19 heavy (non-hydrogen) atoms. The van der Waals surface area contributed by atoms with E-state index in [9.17, 15) is 0 Å². The molecule has 0 aliphatic carbocycles. The number of nitrogens with one attached hydrogen (secondary N) is 1. The second kappa shape index (κ2) is 5.58. The number of rotatable bonds is 3. The zero-order chi connectivity index (χ0) is 13.1. The van der Waals surface area contributed by atoms with E-state index in [4.69, 9.17) is 0 Å². The molecule has 0 radical (unpaired) electrons. The van der Waals surface area contributed by atoms with Crippen molar-refractivity contribution in [3.8, 4) is 0 Å². The molecule has 0 amide bonds. The predicted octanol–water partition coefficient (Wildman–Crippen LogP) is 3.81. The summed E-state index contributed by atoms with van der Waals surface area (Å²) in [4.78, 5) is 0. The lowest BCUT2D eigenvalue weighted by Gasteiger charge is -2.26. The van der Waals surface area contributed by atoms with Crippen molar-refractivity contribution >= 4 is 0 Å². The van der Waals surface area contributed by atoms with Crippen LogP contribution in [0.2, 0.25) is 0 Å². The van der Waals surface area contributed by atoms with E-state index in [0.717, 1.165) is 13.1 Å². The largest absolute Gasteiger partial charge is 0.312 e. The summed E-state index contributed by atoms with van der Waals surface area (Å²) in [7, 11) is 0. The van der Waals surface area contributed by atoms with Gasteiger partial charge >= 0.3 is 0 Å². The molecule has 3 rings (SSSR count). The van der Waals surface area contributed by atoms with Crippen LogP contribution in [-0.2, 0) is 13.0 Å². The first-order valence-corrected chi connectivity index (χ1v) is 7.17. The van der Waals surface area contributed by atoms with Gasteiger partial charge in [0.05, 0.1) is 0 Å². The van der Waals surface area contributed by atoms with Crippen molar-refractivity contribution in [3.63, 3.8) is 0 Å². The van der Waals surface area contributed by atoms with Gasteiger partial charge in [-0.15, -0.1) is 0 Å². The molecule has 1 unspecified atom stereocenters. The van der Waals surface area contributed by atoms with E-state index in [0.29, 0.717) is 5.92 Å². The fraction of sp³-hybridized carbons (Fsp3) is 0.333. The Morgan fingerprint density at radius 3 is 2.89 bits per heavy atom. The van der Waals surface area contributed by atoms with Crippen molar-refractivity contribution < 1.29 is 0 Å². The molecule has 0 fully saturated rings. The van der Waals surface area contributed by atoms with Gasteiger partial charge in [0.15, 0.2) is 0 Å². The van der Waals surface area contributed by atoms with Gasteiger partial charge in [0.25, 0.3) is 0 Å². The maximum Gasteiger partial charge on any atom is 0.0208 e. The Balaban J connectivity index is 1.71. The maximum atomic E-state index is 3.54. The third kappa shape index (κ3) is 2.87. The minimum Gasteiger partial charge on any atom is -0.312 e. The van der Waals surface area contributed by atoms with Crippen LogP contribution >= 0.6 is 0 Å². The predicted molar refractivity (Wildman–Crippen MR) is 80.4 cm³/mol. The van der Waals surface area contributed by atoms with E-state index in [1.54, 1.807) is 5.56 Å². The van der Waals surface area contributed by atoms with Crippen LogP contribution in [0.25, 0.3) is 0 Å². The zero-order valence-corrected chi connectivity index (χ0v) is 11.5. The lowest BCUT2D eigenvalue weighted by atomic mass is 9.86. The second-order valence-corrected chi connectivity index (χ2v) is 5.55. The van der Waals surface area contributed by atoms with Gasteiger partial charge in [-0.3, -0.25) is 0 Å². The highest BCUT2D eigenvalue weighted by atomic mass is 14.9. The van der Waals surface area contributed by atoms with E-state index < -0.39 is 0 Å². The van der Waals surface area contributed by atoms with Crippen LogP contribution in [0.1, 0.15) is 34.6 Å². The number of benzene rings is 2. The molecular formula is C18H21N. The molecule has 1 nitrogen and oxygen atoms in total. The number of aryl methyl sites for hydroxylation is 2. The second-order valence-electron chi connectivity index (χ2n) is 5.55. The summed E-state index contributed by atoms with van der Waals surface area (Å²) in [6.07, 6.45) is 2.40.